The van der Waals surface area contributed by atoms with Crippen molar-refractivity contribution in [2.45, 2.75) is 6.54 Å². The fourth-order valence-corrected chi connectivity index (χ4v) is 2.59. The summed E-state index contributed by atoms with van der Waals surface area (Å²) in [5, 5.41) is 6.53. The minimum Gasteiger partial charge on any atom is -0.491 e. The van der Waals surface area contributed by atoms with E-state index < -0.39 is 0 Å². The molecule has 1 aromatic heterocycles. The van der Waals surface area contributed by atoms with Gasteiger partial charge in [0, 0.05) is 23.0 Å². The van der Waals surface area contributed by atoms with Gasteiger partial charge in [-0.05, 0) is 29.6 Å². The zero-order valence-electron chi connectivity index (χ0n) is 9.66. The smallest absolute Gasteiger partial charge is 0.138 e. The van der Waals surface area contributed by atoms with Crippen LogP contribution in [0.1, 0.15) is 4.88 Å². The molecule has 0 fully saturated rings. The van der Waals surface area contributed by atoms with Gasteiger partial charge >= 0.3 is 0 Å². The lowest BCUT2D eigenvalue weighted by Crippen LogP contribution is -2.20. The standard InChI is InChI=1S/C13H13Cl2NOS/c14-10-3-4-13(12(15)8-10)17-6-5-16-9-11-2-1-7-18-11/h1-4,7-8,16H,5-6,9H2. The van der Waals surface area contributed by atoms with Gasteiger partial charge < -0.3 is 10.1 Å². The summed E-state index contributed by atoms with van der Waals surface area (Å²) in [5.74, 6) is 0.666. The van der Waals surface area contributed by atoms with Crippen LogP contribution in [0.4, 0.5) is 0 Å². The molecule has 0 aliphatic carbocycles. The van der Waals surface area contributed by atoms with Gasteiger partial charge in [0.2, 0.25) is 0 Å². The van der Waals surface area contributed by atoms with Crippen molar-refractivity contribution in [2.75, 3.05) is 13.2 Å². The molecule has 2 rings (SSSR count). The first-order valence-electron chi connectivity index (χ1n) is 5.56. The molecule has 0 aliphatic heterocycles. The first kappa shape index (κ1) is 13.7. The number of hydrogen-bond donors (Lipinski definition) is 1. The molecule has 1 heterocycles. The van der Waals surface area contributed by atoms with E-state index in [1.807, 2.05) is 6.07 Å². The van der Waals surface area contributed by atoms with Gasteiger partial charge in [0.25, 0.3) is 0 Å². The van der Waals surface area contributed by atoms with Gasteiger partial charge in [-0.1, -0.05) is 29.3 Å². The van der Waals surface area contributed by atoms with Crippen LogP contribution in [-0.2, 0) is 6.54 Å². The van der Waals surface area contributed by atoms with E-state index in [0.29, 0.717) is 22.4 Å². The molecule has 0 saturated heterocycles. The average molecular weight is 302 g/mol. The highest BCUT2D eigenvalue weighted by Crippen LogP contribution is 2.27. The quantitative estimate of drug-likeness (QED) is 0.807. The second kappa shape index (κ2) is 7.00. The first-order chi connectivity index (χ1) is 8.75. The first-order valence-corrected chi connectivity index (χ1v) is 7.20. The van der Waals surface area contributed by atoms with Gasteiger partial charge in [-0.15, -0.1) is 11.3 Å². The summed E-state index contributed by atoms with van der Waals surface area (Å²) < 4.78 is 5.56. The van der Waals surface area contributed by atoms with E-state index in [9.17, 15) is 0 Å². The number of rotatable bonds is 6. The highest BCUT2D eigenvalue weighted by molar-refractivity contribution is 7.09. The summed E-state index contributed by atoms with van der Waals surface area (Å²) in [6.07, 6.45) is 0. The van der Waals surface area contributed by atoms with Crippen LogP contribution in [-0.4, -0.2) is 13.2 Å². The molecule has 2 aromatic rings. The van der Waals surface area contributed by atoms with Crippen molar-refractivity contribution in [3.8, 4) is 5.75 Å². The predicted octanol–water partition coefficient (Wildman–Crippen LogP) is 4.22. The maximum atomic E-state index is 6.00. The van der Waals surface area contributed by atoms with Crippen molar-refractivity contribution in [1.29, 1.82) is 0 Å². The number of halogens is 2. The second-order valence-electron chi connectivity index (χ2n) is 3.68. The molecule has 1 aromatic carbocycles. The van der Waals surface area contributed by atoms with Gasteiger partial charge in [0.05, 0.1) is 5.02 Å². The van der Waals surface area contributed by atoms with Crippen molar-refractivity contribution in [1.82, 2.24) is 5.32 Å². The van der Waals surface area contributed by atoms with Crippen molar-refractivity contribution in [2.24, 2.45) is 0 Å². The molecule has 2 nitrogen and oxygen atoms in total. The van der Waals surface area contributed by atoms with E-state index in [0.717, 1.165) is 13.1 Å². The minimum atomic E-state index is 0.542. The number of ether oxygens (including phenoxy) is 1. The number of nitrogens with one attached hydrogen (secondary N) is 1. The zero-order valence-corrected chi connectivity index (χ0v) is 12.0. The lowest BCUT2D eigenvalue weighted by molar-refractivity contribution is 0.314. The molecule has 0 amide bonds. The lowest BCUT2D eigenvalue weighted by Gasteiger charge is -2.08. The Kier molecular flexibility index (Phi) is 5.32. The molecule has 0 radical (unpaired) electrons. The summed E-state index contributed by atoms with van der Waals surface area (Å²) >= 11 is 13.5. The molecule has 18 heavy (non-hydrogen) atoms. The molecule has 0 unspecified atom stereocenters. The Bertz CT molecular complexity index is 488. The molecule has 0 aliphatic rings. The third kappa shape index (κ3) is 4.18. The Balaban J connectivity index is 1.69. The zero-order chi connectivity index (χ0) is 12.8. The molecule has 5 heteroatoms. The van der Waals surface area contributed by atoms with Crippen LogP contribution in [0.25, 0.3) is 0 Å². The SMILES string of the molecule is Clc1ccc(OCCNCc2cccs2)c(Cl)c1. The fraction of sp³-hybridized carbons (Fsp3) is 0.231. The Morgan fingerprint density at radius 3 is 2.83 bits per heavy atom. The fourth-order valence-electron chi connectivity index (χ4n) is 1.45. The van der Waals surface area contributed by atoms with Crippen LogP contribution in [0.2, 0.25) is 10.0 Å². The summed E-state index contributed by atoms with van der Waals surface area (Å²) in [7, 11) is 0. The van der Waals surface area contributed by atoms with Crippen LogP contribution in [0.5, 0.6) is 5.75 Å². The molecule has 1 N–H and O–H groups in total. The average Bonchev–Trinajstić information content (AvgIpc) is 2.84. The third-order valence-corrected chi connectivity index (χ3v) is 3.72. The van der Waals surface area contributed by atoms with Crippen LogP contribution in [0.15, 0.2) is 35.7 Å². The predicted molar refractivity (Wildman–Crippen MR) is 78.0 cm³/mol. The summed E-state index contributed by atoms with van der Waals surface area (Å²) in [5.41, 5.74) is 0. The van der Waals surface area contributed by atoms with Crippen LogP contribution in [0, 0.1) is 0 Å². The highest BCUT2D eigenvalue weighted by atomic mass is 35.5. The number of thiophene rings is 1. The molecule has 0 spiro atoms. The molecule has 0 bridgehead atoms. The maximum absolute atomic E-state index is 6.00. The van der Waals surface area contributed by atoms with Crippen molar-refractivity contribution >= 4 is 34.5 Å². The third-order valence-electron chi connectivity index (χ3n) is 2.31. The Morgan fingerprint density at radius 1 is 1.22 bits per heavy atom. The van der Waals surface area contributed by atoms with Gasteiger partial charge in [-0.3, -0.25) is 0 Å². The van der Waals surface area contributed by atoms with E-state index in [-0.39, 0.29) is 0 Å². The summed E-state index contributed by atoms with van der Waals surface area (Å²) in [6, 6.07) is 9.38. The van der Waals surface area contributed by atoms with Crippen molar-refractivity contribution < 1.29 is 4.74 Å². The van der Waals surface area contributed by atoms with Gasteiger partial charge in [-0.2, -0.15) is 0 Å². The van der Waals surface area contributed by atoms with Gasteiger partial charge in [0.15, 0.2) is 0 Å². The van der Waals surface area contributed by atoms with E-state index in [1.54, 1.807) is 29.5 Å². The maximum Gasteiger partial charge on any atom is 0.138 e. The Hall–Kier alpha value is -0.740. The molecule has 96 valence electrons. The van der Waals surface area contributed by atoms with Crippen LogP contribution >= 0.6 is 34.5 Å². The van der Waals surface area contributed by atoms with Gasteiger partial charge in [0.1, 0.15) is 12.4 Å². The lowest BCUT2D eigenvalue weighted by atomic mass is 10.3. The van der Waals surface area contributed by atoms with E-state index in [4.69, 9.17) is 27.9 Å². The van der Waals surface area contributed by atoms with Crippen LogP contribution in [0.3, 0.4) is 0 Å². The topological polar surface area (TPSA) is 21.3 Å². The largest absolute Gasteiger partial charge is 0.491 e. The van der Waals surface area contributed by atoms with E-state index >= 15 is 0 Å². The summed E-state index contributed by atoms with van der Waals surface area (Å²) in [6.45, 7) is 2.22. The van der Waals surface area contributed by atoms with Crippen molar-refractivity contribution in [3.63, 3.8) is 0 Å². The minimum absolute atomic E-state index is 0.542. The monoisotopic (exact) mass is 301 g/mol. The summed E-state index contributed by atoms with van der Waals surface area (Å²) in [4.78, 5) is 1.32. The molecular weight excluding hydrogens is 289 g/mol. The van der Waals surface area contributed by atoms with Crippen LogP contribution < -0.4 is 10.1 Å². The van der Waals surface area contributed by atoms with Gasteiger partial charge in [-0.25, -0.2) is 0 Å². The second-order valence-corrected chi connectivity index (χ2v) is 5.56. The number of hydrogen-bond acceptors (Lipinski definition) is 3. The molecular formula is C13H13Cl2NOS. The Morgan fingerprint density at radius 2 is 2.11 bits per heavy atom. The van der Waals surface area contributed by atoms with Crippen molar-refractivity contribution in [3.05, 3.63) is 50.6 Å². The highest BCUT2D eigenvalue weighted by Gasteiger charge is 2.01. The Labute approximate surface area is 120 Å². The van der Waals surface area contributed by atoms with E-state index in [1.165, 1.54) is 4.88 Å². The normalized spacial score (nSPS) is 10.6. The molecule has 0 saturated carbocycles. The van der Waals surface area contributed by atoms with E-state index in [2.05, 4.69) is 16.8 Å². The molecule has 0 atom stereocenters. The number of benzene rings is 1.